The predicted molar refractivity (Wildman–Crippen MR) is 73.6 cm³/mol. The van der Waals surface area contributed by atoms with Crippen LogP contribution in [0.5, 0.6) is 0 Å². The third-order valence-electron chi connectivity index (χ3n) is 3.47. The minimum Gasteiger partial charge on any atom is -0.397 e. The molecule has 0 radical (unpaired) electrons. The van der Waals surface area contributed by atoms with Crippen LogP contribution in [0.15, 0.2) is 22.7 Å². The number of nitrogens with two attached hydrogens (primary N) is 1. The van der Waals surface area contributed by atoms with Crippen molar-refractivity contribution in [3.63, 3.8) is 0 Å². The van der Waals surface area contributed by atoms with Gasteiger partial charge in [-0.3, -0.25) is 0 Å². The molecule has 2 unspecified atom stereocenters. The number of rotatable bonds is 2. The van der Waals surface area contributed by atoms with Crippen LogP contribution in [0.4, 0.5) is 11.4 Å². The smallest absolute Gasteiger partial charge is 0.0576 e. The minimum atomic E-state index is 0.581. The lowest BCUT2D eigenvalue weighted by Gasteiger charge is -2.30. The van der Waals surface area contributed by atoms with E-state index in [0.29, 0.717) is 6.04 Å². The Morgan fingerprint density at radius 3 is 2.75 bits per heavy atom. The van der Waals surface area contributed by atoms with Crippen LogP contribution in [0.2, 0.25) is 0 Å². The maximum absolute atomic E-state index is 5.99. The van der Waals surface area contributed by atoms with Crippen molar-refractivity contribution < 1.29 is 0 Å². The normalized spacial score (nSPS) is 25.4. The molecule has 1 saturated carbocycles. The molecule has 0 heterocycles. The molecule has 2 atom stereocenters. The molecule has 0 bridgehead atoms. The molecular weight excluding hydrogens is 264 g/mol. The van der Waals surface area contributed by atoms with Gasteiger partial charge in [-0.05, 0) is 37.0 Å². The van der Waals surface area contributed by atoms with Crippen LogP contribution in [0.25, 0.3) is 0 Å². The minimum absolute atomic E-state index is 0.581. The SMILES string of the molecule is CC1CCCCC1Nc1ccc(Br)cc1N. The van der Waals surface area contributed by atoms with Gasteiger partial charge in [-0.2, -0.15) is 0 Å². The first kappa shape index (κ1) is 11.8. The summed E-state index contributed by atoms with van der Waals surface area (Å²) < 4.78 is 1.03. The van der Waals surface area contributed by atoms with Gasteiger partial charge in [-0.1, -0.05) is 35.7 Å². The summed E-state index contributed by atoms with van der Waals surface area (Å²) in [7, 11) is 0. The Bertz CT molecular complexity index is 365. The zero-order valence-corrected chi connectivity index (χ0v) is 11.3. The molecule has 1 aliphatic rings. The van der Waals surface area contributed by atoms with Gasteiger partial charge in [-0.25, -0.2) is 0 Å². The summed E-state index contributed by atoms with van der Waals surface area (Å²) in [4.78, 5) is 0. The molecule has 88 valence electrons. The maximum Gasteiger partial charge on any atom is 0.0576 e. The maximum atomic E-state index is 5.99. The van der Waals surface area contributed by atoms with Crippen LogP contribution < -0.4 is 11.1 Å². The van der Waals surface area contributed by atoms with Crippen molar-refractivity contribution in [1.29, 1.82) is 0 Å². The van der Waals surface area contributed by atoms with Crippen molar-refractivity contribution in [2.75, 3.05) is 11.1 Å². The van der Waals surface area contributed by atoms with E-state index in [9.17, 15) is 0 Å². The second-order valence-corrected chi connectivity index (χ2v) is 5.66. The van der Waals surface area contributed by atoms with Crippen LogP contribution in [0.1, 0.15) is 32.6 Å². The Morgan fingerprint density at radius 2 is 2.06 bits per heavy atom. The molecule has 0 amide bonds. The van der Waals surface area contributed by atoms with Crippen LogP contribution in [-0.4, -0.2) is 6.04 Å². The fourth-order valence-corrected chi connectivity index (χ4v) is 2.77. The van der Waals surface area contributed by atoms with E-state index in [2.05, 4.69) is 34.2 Å². The molecule has 1 fully saturated rings. The Balaban J connectivity index is 2.07. The van der Waals surface area contributed by atoms with Crippen molar-refractivity contribution in [1.82, 2.24) is 0 Å². The van der Waals surface area contributed by atoms with E-state index in [1.165, 1.54) is 25.7 Å². The van der Waals surface area contributed by atoms with E-state index in [1.807, 2.05) is 12.1 Å². The third-order valence-corrected chi connectivity index (χ3v) is 3.96. The predicted octanol–water partition coefficient (Wildman–Crippen LogP) is 4.02. The van der Waals surface area contributed by atoms with Gasteiger partial charge in [0.2, 0.25) is 0 Å². The number of hydrogen-bond donors (Lipinski definition) is 2. The van der Waals surface area contributed by atoms with Crippen molar-refractivity contribution in [2.24, 2.45) is 5.92 Å². The van der Waals surface area contributed by atoms with Crippen LogP contribution in [0, 0.1) is 5.92 Å². The lowest BCUT2D eigenvalue weighted by Crippen LogP contribution is -2.30. The number of anilines is 2. The molecule has 3 heteroatoms. The molecule has 0 spiro atoms. The van der Waals surface area contributed by atoms with Crippen molar-refractivity contribution in [3.05, 3.63) is 22.7 Å². The van der Waals surface area contributed by atoms with Gasteiger partial charge in [0.05, 0.1) is 11.4 Å². The first-order chi connectivity index (χ1) is 7.66. The average molecular weight is 283 g/mol. The highest BCUT2D eigenvalue weighted by atomic mass is 79.9. The van der Waals surface area contributed by atoms with Gasteiger partial charge >= 0.3 is 0 Å². The number of hydrogen-bond acceptors (Lipinski definition) is 2. The number of nitrogen functional groups attached to an aromatic ring is 1. The van der Waals surface area contributed by atoms with Crippen molar-refractivity contribution in [3.8, 4) is 0 Å². The number of benzene rings is 1. The zero-order valence-electron chi connectivity index (χ0n) is 9.67. The molecule has 0 aromatic heterocycles. The topological polar surface area (TPSA) is 38.0 Å². The summed E-state index contributed by atoms with van der Waals surface area (Å²) in [6, 6.07) is 6.63. The molecule has 2 rings (SSSR count). The number of nitrogens with one attached hydrogen (secondary N) is 1. The highest BCUT2D eigenvalue weighted by Crippen LogP contribution is 2.30. The van der Waals surface area contributed by atoms with Crippen LogP contribution in [0.3, 0.4) is 0 Å². The average Bonchev–Trinajstić information content (AvgIpc) is 2.25. The lowest BCUT2D eigenvalue weighted by molar-refractivity contribution is 0.349. The standard InChI is InChI=1S/C13H19BrN2/c1-9-4-2-3-5-12(9)16-13-7-6-10(14)8-11(13)15/h6-9,12,16H,2-5,15H2,1H3. The van der Waals surface area contributed by atoms with Gasteiger partial charge in [0, 0.05) is 10.5 Å². The lowest BCUT2D eigenvalue weighted by atomic mass is 9.86. The quantitative estimate of drug-likeness (QED) is 0.804. The Hall–Kier alpha value is -0.700. The third kappa shape index (κ3) is 2.70. The van der Waals surface area contributed by atoms with Gasteiger partial charge in [0.1, 0.15) is 0 Å². The molecule has 0 saturated heterocycles. The van der Waals surface area contributed by atoms with Gasteiger partial charge in [0.25, 0.3) is 0 Å². The van der Waals surface area contributed by atoms with E-state index in [1.54, 1.807) is 0 Å². The summed E-state index contributed by atoms with van der Waals surface area (Å²) >= 11 is 3.43. The molecule has 2 nitrogen and oxygen atoms in total. The van der Waals surface area contributed by atoms with Crippen LogP contribution in [-0.2, 0) is 0 Å². The van der Waals surface area contributed by atoms with E-state index in [0.717, 1.165) is 21.8 Å². The fraction of sp³-hybridized carbons (Fsp3) is 0.538. The molecule has 1 aromatic rings. The van der Waals surface area contributed by atoms with Crippen molar-refractivity contribution >= 4 is 27.3 Å². The van der Waals surface area contributed by atoms with E-state index in [-0.39, 0.29) is 0 Å². The highest BCUT2D eigenvalue weighted by molar-refractivity contribution is 9.10. The molecule has 3 N–H and O–H groups in total. The van der Waals surface area contributed by atoms with Gasteiger partial charge in [0.15, 0.2) is 0 Å². The van der Waals surface area contributed by atoms with Crippen LogP contribution >= 0.6 is 15.9 Å². The first-order valence-corrected chi connectivity index (χ1v) is 6.77. The largest absolute Gasteiger partial charge is 0.397 e. The van der Waals surface area contributed by atoms with E-state index >= 15 is 0 Å². The molecule has 0 aliphatic heterocycles. The molecule has 1 aliphatic carbocycles. The summed E-state index contributed by atoms with van der Waals surface area (Å²) in [6.07, 6.45) is 5.29. The second-order valence-electron chi connectivity index (χ2n) is 4.74. The van der Waals surface area contributed by atoms with Gasteiger partial charge in [-0.15, -0.1) is 0 Å². The summed E-state index contributed by atoms with van der Waals surface area (Å²) in [5.41, 5.74) is 7.89. The first-order valence-electron chi connectivity index (χ1n) is 5.98. The summed E-state index contributed by atoms with van der Waals surface area (Å²) in [5, 5.41) is 3.58. The Morgan fingerprint density at radius 1 is 1.31 bits per heavy atom. The Kier molecular flexibility index (Phi) is 3.74. The number of halogens is 1. The van der Waals surface area contributed by atoms with Gasteiger partial charge < -0.3 is 11.1 Å². The Labute approximate surface area is 106 Å². The fourth-order valence-electron chi connectivity index (χ4n) is 2.40. The molecule has 1 aromatic carbocycles. The summed E-state index contributed by atoms with van der Waals surface area (Å²) in [5.74, 6) is 0.747. The van der Waals surface area contributed by atoms with E-state index < -0.39 is 0 Å². The molecule has 16 heavy (non-hydrogen) atoms. The second kappa shape index (κ2) is 5.09. The zero-order chi connectivity index (χ0) is 11.5. The highest BCUT2D eigenvalue weighted by Gasteiger charge is 2.21. The van der Waals surface area contributed by atoms with E-state index in [4.69, 9.17) is 5.73 Å². The molecular formula is C13H19BrN2. The monoisotopic (exact) mass is 282 g/mol. The van der Waals surface area contributed by atoms with Crippen molar-refractivity contribution in [2.45, 2.75) is 38.6 Å². The summed E-state index contributed by atoms with van der Waals surface area (Å²) in [6.45, 7) is 2.33.